The molecule has 0 amide bonds. The van der Waals surface area contributed by atoms with Crippen LogP contribution in [0.2, 0.25) is 0 Å². The van der Waals surface area contributed by atoms with Crippen LogP contribution < -0.4 is 5.43 Å². The second-order valence-corrected chi connectivity index (χ2v) is 7.98. The molecule has 0 aromatic heterocycles. The molecule has 2 nitrogen and oxygen atoms in total. The Bertz CT molecular complexity index is 1030. The van der Waals surface area contributed by atoms with Gasteiger partial charge in [-0.2, -0.15) is 5.10 Å². The average molecular weight is 480 g/mol. The van der Waals surface area contributed by atoms with Crippen LogP contribution in [0, 0.1) is 0 Å². The molecule has 27 heavy (non-hydrogen) atoms. The van der Waals surface area contributed by atoms with Crippen molar-refractivity contribution in [2.75, 3.05) is 0 Å². The molecule has 0 bridgehead atoms. The van der Waals surface area contributed by atoms with Crippen molar-refractivity contribution in [3.63, 3.8) is 0 Å². The lowest BCUT2D eigenvalue weighted by molar-refractivity contribution is 0.995. The van der Waals surface area contributed by atoms with Gasteiger partial charge in [-0.25, -0.2) is 0 Å². The number of rotatable bonds is 3. The number of hydrazone groups is 1. The largest absolute Gasteiger partial charge is 0.277 e. The average Bonchev–Trinajstić information content (AvgIpc) is 2.93. The van der Waals surface area contributed by atoms with Gasteiger partial charge >= 0.3 is 0 Å². The Hall–Kier alpha value is -2.43. The fourth-order valence-corrected chi connectivity index (χ4v) is 3.40. The molecule has 0 saturated carbocycles. The Balaban J connectivity index is 1.80. The Morgan fingerprint density at radius 3 is 1.81 bits per heavy atom. The van der Waals surface area contributed by atoms with Gasteiger partial charge in [-0.1, -0.05) is 86.5 Å². The second kappa shape index (κ2) is 8.07. The van der Waals surface area contributed by atoms with Crippen molar-refractivity contribution < 1.29 is 0 Å². The molecular formula is C23H16Br2N2. The molecule has 0 unspecified atom stereocenters. The highest BCUT2D eigenvalue weighted by Gasteiger charge is 2.11. The topological polar surface area (TPSA) is 24.4 Å². The summed E-state index contributed by atoms with van der Waals surface area (Å²) in [6, 6.07) is 26.8. The van der Waals surface area contributed by atoms with Crippen LogP contribution in [0.15, 0.2) is 105 Å². The standard InChI is InChI=1S/C23H16Br2N2/c24-20-10-6-17(7-11-20)22-14-19(16-4-2-1-3-5-16)15-23(27-26-22)18-8-12-21(25)13-9-18/h1-15,26H. The highest BCUT2D eigenvalue weighted by Crippen LogP contribution is 2.25. The minimum Gasteiger partial charge on any atom is -0.277 e. The number of benzene rings is 3. The fraction of sp³-hybridized carbons (Fsp3) is 0. The molecular weight excluding hydrogens is 464 g/mol. The van der Waals surface area contributed by atoms with Crippen molar-refractivity contribution in [2.45, 2.75) is 0 Å². The summed E-state index contributed by atoms with van der Waals surface area (Å²) in [5.41, 5.74) is 9.51. The van der Waals surface area contributed by atoms with Gasteiger partial charge < -0.3 is 0 Å². The first-order valence-electron chi connectivity index (χ1n) is 8.53. The molecule has 0 spiro atoms. The van der Waals surface area contributed by atoms with Crippen molar-refractivity contribution >= 4 is 48.8 Å². The molecule has 3 aromatic carbocycles. The fourth-order valence-electron chi connectivity index (χ4n) is 2.87. The Morgan fingerprint density at radius 1 is 0.593 bits per heavy atom. The van der Waals surface area contributed by atoms with Gasteiger partial charge in [0.2, 0.25) is 0 Å². The zero-order chi connectivity index (χ0) is 18.6. The molecule has 1 aliphatic heterocycles. The molecule has 0 atom stereocenters. The molecule has 0 aliphatic carbocycles. The normalized spacial score (nSPS) is 13.8. The molecule has 1 heterocycles. The maximum absolute atomic E-state index is 4.67. The van der Waals surface area contributed by atoms with E-state index in [9.17, 15) is 0 Å². The van der Waals surface area contributed by atoms with E-state index in [1.807, 2.05) is 30.3 Å². The molecule has 0 saturated heterocycles. The number of nitrogens with zero attached hydrogens (tertiary/aromatic N) is 1. The summed E-state index contributed by atoms with van der Waals surface area (Å²) in [7, 11) is 0. The molecule has 3 aromatic rings. The highest BCUT2D eigenvalue weighted by molar-refractivity contribution is 9.10. The zero-order valence-electron chi connectivity index (χ0n) is 14.4. The lowest BCUT2D eigenvalue weighted by Gasteiger charge is -2.08. The smallest absolute Gasteiger partial charge is 0.0911 e. The lowest BCUT2D eigenvalue weighted by atomic mass is 9.99. The zero-order valence-corrected chi connectivity index (χ0v) is 17.5. The van der Waals surface area contributed by atoms with E-state index in [1.165, 1.54) is 0 Å². The third-order valence-corrected chi connectivity index (χ3v) is 5.35. The third kappa shape index (κ3) is 4.29. The first kappa shape index (κ1) is 18.0. The van der Waals surface area contributed by atoms with Gasteiger partial charge in [0.25, 0.3) is 0 Å². The first-order chi connectivity index (χ1) is 13.2. The van der Waals surface area contributed by atoms with Gasteiger partial charge in [-0.15, -0.1) is 0 Å². The van der Waals surface area contributed by atoms with Gasteiger partial charge in [-0.05, 0) is 53.1 Å². The number of allylic oxidation sites excluding steroid dienone is 3. The van der Waals surface area contributed by atoms with Crippen molar-refractivity contribution in [3.8, 4) is 0 Å². The van der Waals surface area contributed by atoms with Crippen LogP contribution in [-0.4, -0.2) is 5.71 Å². The second-order valence-electron chi connectivity index (χ2n) is 6.15. The van der Waals surface area contributed by atoms with Crippen LogP contribution in [0.4, 0.5) is 0 Å². The molecule has 132 valence electrons. The minimum atomic E-state index is 0.893. The quantitative estimate of drug-likeness (QED) is 0.447. The van der Waals surface area contributed by atoms with Gasteiger partial charge in [0.15, 0.2) is 0 Å². The number of hydrogen-bond acceptors (Lipinski definition) is 2. The van der Waals surface area contributed by atoms with Crippen molar-refractivity contribution in [3.05, 3.63) is 117 Å². The summed E-state index contributed by atoms with van der Waals surface area (Å²) >= 11 is 6.99. The van der Waals surface area contributed by atoms with Crippen LogP contribution >= 0.6 is 31.9 Å². The third-order valence-electron chi connectivity index (χ3n) is 4.29. The maximum Gasteiger partial charge on any atom is 0.0911 e. The van der Waals surface area contributed by atoms with E-state index in [-0.39, 0.29) is 0 Å². The summed E-state index contributed by atoms with van der Waals surface area (Å²) in [5, 5.41) is 4.67. The van der Waals surface area contributed by atoms with E-state index in [4.69, 9.17) is 0 Å². The number of hydrogen-bond donors (Lipinski definition) is 1. The Kier molecular flexibility index (Phi) is 5.37. The van der Waals surface area contributed by atoms with E-state index < -0.39 is 0 Å². The Labute approximate surface area is 175 Å². The van der Waals surface area contributed by atoms with Gasteiger partial charge in [0.05, 0.1) is 11.4 Å². The van der Waals surface area contributed by atoms with E-state index in [0.29, 0.717) is 0 Å². The first-order valence-corrected chi connectivity index (χ1v) is 10.1. The van der Waals surface area contributed by atoms with Crippen LogP contribution in [0.5, 0.6) is 0 Å². The maximum atomic E-state index is 4.67. The lowest BCUT2D eigenvalue weighted by Crippen LogP contribution is -2.07. The summed E-state index contributed by atoms with van der Waals surface area (Å²) in [5.74, 6) is 0. The van der Waals surface area contributed by atoms with E-state index in [2.05, 4.69) is 103 Å². The molecule has 4 rings (SSSR count). The van der Waals surface area contributed by atoms with Crippen LogP contribution in [0.1, 0.15) is 16.7 Å². The van der Waals surface area contributed by atoms with E-state index >= 15 is 0 Å². The van der Waals surface area contributed by atoms with Crippen LogP contribution in [-0.2, 0) is 0 Å². The van der Waals surface area contributed by atoms with Gasteiger partial charge in [0.1, 0.15) is 0 Å². The molecule has 1 N–H and O–H groups in total. The molecule has 0 radical (unpaired) electrons. The highest BCUT2D eigenvalue weighted by atomic mass is 79.9. The van der Waals surface area contributed by atoms with Gasteiger partial charge in [0, 0.05) is 14.5 Å². The minimum absolute atomic E-state index is 0.893. The number of nitrogens with one attached hydrogen (secondary N) is 1. The SMILES string of the molecule is Brc1ccc(C2=CC(c3ccccc3)=CC(c3ccc(Br)cc3)=NN2)cc1. The summed E-state index contributed by atoms with van der Waals surface area (Å²) in [4.78, 5) is 0. The van der Waals surface area contributed by atoms with Crippen molar-refractivity contribution in [1.82, 2.24) is 5.43 Å². The van der Waals surface area contributed by atoms with Crippen LogP contribution in [0.25, 0.3) is 11.3 Å². The molecule has 4 heteroatoms. The van der Waals surface area contributed by atoms with E-state index in [0.717, 1.165) is 42.6 Å². The van der Waals surface area contributed by atoms with E-state index in [1.54, 1.807) is 0 Å². The summed E-state index contributed by atoms with van der Waals surface area (Å²) in [6.45, 7) is 0. The Morgan fingerprint density at radius 2 is 1.19 bits per heavy atom. The van der Waals surface area contributed by atoms with Crippen LogP contribution in [0.3, 0.4) is 0 Å². The predicted octanol–water partition coefficient (Wildman–Crippen LogP) is 6.64. The number of halogens is 2. The van der Waals surface area contributed by atoms with Crippen molar-refractivity contribution in [1.29, 1.82) is 0 Å². The molecule has 1 aliphatic rings. The summed E-state index contributed by atoms with van der Waals surface area (Å²) < 4.78 is 2.10. The monoisotopic (exact) mass is 478 g/mol. The van der Waals surface area contributed by atoms with Crippen molar-refractivity contribution in [2.24, 2.45) is 5.10 Å². The molecule has 0 fully saturated rings. The summed E-state index contributed by atoms with van der Waals surface area (Å²) in [6.07, 6.45) is 4.27. The predicted molar refractivity (Wildman–Crippen MR) is 120 cm³/mol. The van der Waals surface area contributed by atoms with Gasteiger partial charge in [-0.3, -0.25) is 5.43 Å².